The van der Waals surface area contributed by atoms with Crippen LogP contribution in [-0.4, -0.2) is 67.0 Å². The number of carbonyl (C=O) groups excluding carboxylic acids is 2. The number of amides is 1. The average molecular weight is 662 g/mol. The maximum Gasteiger partial charge on any atom is 0.337 e. The maximum atomic E-state index is 13.6. The number of hydrogen-bond acceptors (Lipinski definition) is 8. The van der Waals surface area contributed by atoms with Crippen LogP contribution in [0.4, 0.5) is 10.1 Å². The Labute approximate surface area is 274 Å². The number of halogens is 1. The van der Waals surface area contributed by atoms with Gasteiger partial charge in [-0.1, -0.05) is 49.8 Å². The van der Waals surface area contributed by atoms with Crippen LogP contribution in [0.25, 0.3) is 0 Å². The molecule has 2 saturated heterocycles. The number of methoxy groups -OCH3 is 1. The highest BCUT2D eigenvalue weighted by molar-refractivity contribution is 6.83. The quantitative estimate of drug-likeness (QED) is 0.131. The summed E-state index contributed by atoms with van der Waals surface area (Å²) < 4.78 is 29.5. The molecule has 2 aliphatic rings. The molecule has 2 fully saturated rings. The van der Waals surface area contributed by atoms with Crippen molar-refractivity contribution in [2.24, 2.45) is 5.92 Å². The minimum Gasteiger partial charge on any atom is -0.467 e. The number of ether oxygens (including phenoxy) is 3. The van der Waals surface area contributed by atoms with Crippen LogP contribution in [0.15, 0.2) is 72.8 Å². The topological polar surface area (TPSA) is 126 Å². The normalized spacial score (nSPS) is 24.9. The lowest BCUT2D eigenvalue weighted by atomic mass is 9.78. The zero-order chi connectivity index (χ0) is 33.9. The molecule has 2 aliphatic heterocycles. The number of anilines is 1. The molecule has 0 aliphatic carbocycles. The first-order chi connectivity index (χ1) is 22.3. The fourth-order valence-electron chi connectivity index (χ4n) is 5.77. The highest BCUT2D eigenvalue weighted by atomic mass is 28.3. The summed E-state index contributed by atoms with van der Waals surface area (Å²) in [5.74, 6) is 1.95. The van der Waals surface area contributed by atoms with Gasteiger partial charge < -0.3 is 34.4 Å². The van der Waals surface area contributed by atoms with E-state index in [-0.39, 0.29) is 24.2 Å². The molecule has 0 spiro atoms. The van der Waals surface area contributed by atoms with Gasteiger partial charge in [-0.25, -0.2) is 9.18 Å². The molecule has 5 rings (SSSR count). The first kappa shape index (κ1) is 34.3. The molecule has 0 bridgehead atoms. The highest BCUT2D eigenvalue weighted by Crippen LogP contribution is 2.46. The Morgan fingerprint density at radius 3 is 2.32 bits per heavy atom. The predicted molar refractivity (Wildman–Crippen MR) is 175 cm³/mol. The van der Waals surface area contributed by atoms with Crippen LogP contribution in [0.2, 0.25) is 19.6 Å². The van der Waals surface area contributed by atoms with Gasteiger partial charge in [-0.3, -0.25) is 4.79 Å². The van der Waals surface area contributed by atoms with E-state index in [1.165, 1.54) is 12.1 Å². The lowest BCUT2D eigenvalue weighted by Gasteiger charge is -2.48. The number of aliphatic hydroxyl groups is 3. The molecule has 0 saturated carbocycles. The standard InChI is InChI=1S/C36H40FNO8Si/c1-44-36(43)34-33(41)30(40)21-31(46-34)45-27-15-9-24(10-16-27)32-28(17-18-29(39)23-7-11-25(37)12-8-23)35(42)38(32)26-13-5-22(6-14-26)19-20-47(2,3)4/h5-16,28-34,39-41H,17-18,21H2,1-4H3/t28?,29-,30+,31+,32+,33-,34-/m0/s1. The van der Waals surface area contributed by atoms with Gasteiger partial charge in [-0.15, -0.1) is 5.54 Å². The van der Waals surface area contributed by atoms with Crippen LogP contribution in [0.5, 0.6) is 5.75 Å². The van der Waals surface area contributed by atoms with E-state index < -0.39 is 50.7 Å². The average Bonchev–Trinajstić information content (AvgIpc) is 3.04. The SMILES string of the molecule is COC(=O)[C@H]1O[C@@H](Oc2ccc([C@@H]3C(CC[C@H](O)c4ccc(F)cc4)C(=O)N3c3ccc(C#C[Si](C)(C)C)cc3)cc2)C[C@@H](O)[C@@H]1O. The van der Waals surface area contributed by atoms with Crippen LogP contribution >= 0.6 is 0 Å². The van der Waals surface area contributed by atoms with Crippen molar-refractivity contribution in [2.75, 3.05) is 12.0 Å². The Balaban J connectivity index is 1.35. The fraction of sp³-hybridized carbons (Fsp3) is 0.389. The Kier molecular flexibility index (Phi) is 10.5. The molecular weight excluding hydrogens is 621 g/mol. The molecule has 7 atom stereocenters. The van der Waals surface area contributed by atoms with Gasteiger partial charge in [0.1, 0.15) is 25.7 Å². The fourth-order valence-corrected chi connectivity index (χ4v) is 6.29. The molecule has 0 radical (unpaired) electrons. The lowest BCUT2D eigenvalue weighted by Crippen LogP contribution is -2.55. The second kappa shape index (κ2) is 14.4. The first-order valence-electron chi connectivity index (χ1n) is 15.6. The van der Waals surface area contributed by atoms with E-state index in [0.717, 1.165) is 23.9 Å². The van der Waals surface area contributed by atoms with Gasteiger partial charge in [0, 0.05) is 17.7 Å². The number of benzene rings is 3. The summed E-state index contributed by atoms with van der Waals surface area (Å²) in [5.41, 5.74) is 6.38. The molecule has 47 heavy (non-hydrogen) atoms. The minimum atomic E-state index is -1.56. The van der Waals surface area contributed by atoms with Crippen LogP contribution < -0.4 is 9.64 Å². The van der Waals surface area contributed by atoms with Crippen LogP contribution in [0.1, 0.15) is 48.1 Å². The molecule has 3 aromatic rings. The molecule has 1 unspecified atom stereocenters. The smallest absolute Gasteiger partial charge is 0.337 e. The number of aliphatic hydroxyl groups excluding tert-OH is 3. The van der Waals surface area contributed by atoms with Gasteiger partial charge in [0.2, 0.25) is 12.2 Å². The molecule has 0 aromatic heterocycles. The van der Waals surface area contributed by atoms with Crippen LogP contribution in [0.3, 0.4) is 0 Å². The Morgan fingerprint density at radius 2 is 1.70 bits per heavy atom. The Hall–Kier alpha value is -4.05. The van der Waals surface area contributed by atoms with Crippen molar-refractivity contribution >= 4 is 25.6 Å². The third-order valence-electron chi connectivity index (χ3n) is 8.31. The van der Waals surface area contributed by atoms with Crippen molar-refractivity contribution in [3.8, 4) is 17.2 Å². The van der Waals surface area contributed by atoms with Crippen LogP contribution in [0, 0.1) is 23.2 Å². The van der Waals surface area contributed by atoms with Gasteiger partial charge in [-0.2, -0.15) is 0 Å². The van der Waals surface area contributed by atoms with Crippen molar-refractivity contribution in [1.29, 1.82) is 0 Å². The summed E-state index contributed by atoms with van der Waals surface area (Å²) in [6, 6.07) is 20.0. The van der Waals surface area contributed by atoms with Gasteiger partial charge in [-0.05, 0) is 72.5 Å². The Bertz CT molecular complexity index is 1610. The second-order valence-electron chi connectivity index (χ2n) is 12.9. The van der Waals surface area contributed by atoms with Crippen molar-refractivity contribution < 1.29 is 43.5 Å². The van der Waals surface area contributed by atoms with Gasteiger partial charge in [0.05, 0.1) is 31.3 Å². The van der Waals surface area contributed by atoms with E-state index in [0.29, 0.717) is 24.2 Å². The highest BCUT2D eigenvalue weighted by Gasteiger charge is 2.48. The summed E-state index contributed by atoms with van der Waals surface area (Å²) in [6.45, 7) is 6.53. The second-order valence-corrected chi connectivity index (χ2v) is 17.7. The molecule has 1 amide bonds. The molecular formula is C36H40FNO8Si. The summed E-state index contributed by atoms with van der Waals surface area (Å²) in [5, 5.41) is 31.2. The van der Waals surface area contributed by atoms with E-state index in [1.807, 2.05) is 36.4 Å². The van der Waals surface area contributed by atoms with Gasteiger partial charge in [0.25, 0.3) is 0 Å². The molecule has 3 N–H and O–H groups in total. The maximum absolute atomic E-state index is 13.6. The number of carbonyl (C=O) groups is 2. The third-order valence-corrected chi connectivity index (χ3v) is 9.18. The van der Waals surface area contributed by atoms with Gasteiger partial charge >= 0.3 is 5.97 Å². The first-order valence-corrected chi connectivity index (χ1v) is 19.1. The van der Waals surface area contributed by atoms with E-state index in [2.05, 4.69) is 35.8 Å². The number of rotatable bonds is 9. The monoisotopic (exact) mass is 661 g/mol. The third kappa shape index (κ3) is 8.09. The summed E-state index contributed by atoms with van der Waals surface area (Å²) in [4.78, 5) is 27.4. The lowest BCUT2D eigenvalue weighted by molar-refractivity contribution is -0.230. The van der Waals surface area contributed by atoms with E-state index in [1.54, 1.807) is 29.2 Å². The van der Waals surface area contributed by atoms with Crippen molar-refractivity contribution in [2.45, 2.75) is 75.7 Å². The number of nitrogens with zero attached hydrogens (tertiary/aromatic N) is 1. The van der Waals surface area contributed by atoms with E-state index in [9.17, 15) is 29.3 Å². The summed E-state index contributed by atoms with van der Waals surface area (Å²) in [7, 11) is -0.392. The zero-order valence-electron chi connectivity index (χ0n) is 26.8. The summed E-state index contributed by atoms with van der Waals surface area (Å²) in [6.07, 6.45) is -5.27. The largest absolute Gasteiger partial charge is 0.467 e. The predicted octanol–water partition coefficient (Wildman–Crippen LogP) is 4.66. The van der Waals surface area contributed by atoms with E-state index >= 15 is 0 Å². The number of esters is 1. The molecule has 248 valence electrons. The molecule has 9 nitrogen and oxygen atoms in total. The van der Waals surface area contributed by atoms with Crippen molar-refractivity contribution in [3.63, 3.8) is 0 Å². The van der Waals surface area contributed by atoms with Crippen molar-refractivity contribution in [1.82, 2.24) is 0 Å². The van der Waals surface area contributed by atoms with Crippen LogP contribution in [-0.2, 0) is 19.1 Å². The zero-order valence-corrected chi connectivity index (χ0v) is 27.8. The summed E-state index contributed by atoms with van der Waals surface area (Å²) >= 11 is 0. The van der Waals surface area contributed by atoms with Gasteiger partial charge in [0.15, 0.2) is 6.10 Å². The molecule has 2 heterocycles. The number of hydrogen-bond donors (Lipinski definition) is 3. The molecule has 11 heteroatoms. The number of β-lactam (4-membered cyclic amide) rings is 1. The molecule has 3 aromatic carbocycles. The van der Waals surface area contributed by atoms with Crippen molar-refractivity contribution in [3.05, 3.63) is 95.3 Å². The van der Waals surface area contributed by atoms with E-state index in [4.69, 9.17) is 9.47 Å². The minimum absolute atomic E-state index is 0.0575. The Morgan fingerprint density at radius 1 is 1.04 bits per heavy atom.